The molecule has 1 aliphatic rings. The molecule has 5 heteroatoms. The van der Waals surface area contributed by atoms with E-state index in [-0.39, 0.29) is 11.9 Å². The standard InChI is InChI=1S/C19H26N4O/c1-12(2)17-11-23(18-9-7-6-8-16(18)20-17)19(24)10-15-13(3)21-22(5)14(15)4/h6-9,12,17,20H,10-11H2,1-5H3/t17-/m0/s1. The fourth-order valence-corrected chi connectivity index (χ4v) is 3.31. The van der Waals surface area contributed by atoms with Crippen molar-refractivity contribution in [2.45, 2.75) is 40.2 Å². The van der Waals surface area contributed by atoms with Crippen LogP contribution in [0.2, 0.25) is 0 Å². The van der Waals surface area contributed by atoms with E-state index in [1.54, 1.807) is 0 Å². The molecule has 1 aromatic heterocycles. The minimum absolute atomic E-state index is 0.133. The molecule has 0 aliphatic carbocycles. The van der Waals surface area contributed by atoms with E-state index in [9.17, 15) is 4.79 Å². The lowest BCUT2D eigenvalue weighted by molar-refractivity contribution is -0.118. The van der Waals surface area contributed by atoms with Gasteiger partial charge in [-0.2, -0.15) is 5.10 Å². The summed E-state index contributed by atoms with van der Waals surface area (Å²) in [5.41, 5.74) is 5.05. The zero-order chi connectivity index (χ0) is 17.4. The number of fused-ring (bicyclic) bond motifs is 1. The third kappa shape index (κ3) is 2.90. The van der Waals surface area contributed by atoms with Gasteiger partial charge in [-0.3, -0.25) is 9.48 Å². The number of para-hydroxylation sites is 2. The molecule has 1 amide bonds. The Balaban J connectivity index is 1.91. The number of carbonyl (C=O) groups is 1. The van der Waals surface area contributed by atoms with Gasteiger partial charge in [-0.1, -0.05) is 26.0 Å². The van der Waals surface area contributed by atoms with E-state index in [0.29, 0.717) is 18.9 Å². The van der Waals surface area contributed by atoms with Gasteiger partial charge in [0.15, 0.2) is 0 Å². The van der Waals surface area contributed by atoms with Crippen molar-refractivity contribution in [3.63, 3.8) is 0 Å². The lowest BCUT2D eigenvalue weighted by Crippen LogP contribution is -2.47. The number of aryl methyl sites for hydroxylation is 2. The second-order valence-corrected chi connectivity index (χ2v) is 6.97. The number of amides is 1. The molecule has 2 aromatic rings. The van der Waals surface area contributed by atoms with Gasteiger partial charge in [-0.15, -0.1) is 0 Å². The smallest absolute Gasteiger partial charge is 0.231 e. The average molecular weight is 326 g/mol. The maximum Gasteiger partial charge on any atom is 0.231 e. The molecule has 1 N–H and O–H groups in total. The monoisotopic (exact) mass is 326 g/mol. The minimum Gasteiger partial charge on any atom is -0.379 e. The summed E-state index contributed by atoms with van der Waals surface area (Å²) in [6, 6.07) is 8.31. The number of nitrogens with one attached hydrogen (secondary N) is 1. The molecular formula is C19H26N4O. The fourth-order valence-electron chi connectivity index (χ4n) is 3.31. The van der Waals surface area contributed by atoms with Crippen LogP contribution >= 0.6 is 0 Å². The van der Waals surface area contributed by atoms with Crippen molar-refractivity contribution in [3.8, 4) is 0 Å². The van der Waals surface area contributed by atoms with Gasteiger partial charge >= 0.3 is 0 Å². The number of rotatable bonds is 3. The predicted molar refractivity (Wildman–Crippen MR) is 97.4 cm³/mol. The van der Waals surface area contributed by atoms with Crippen molar-refractivity contribution in [1.29, 1.82) is 0 Å². The van der Waals surface area contributed by atoms with E-state index in [0.717, 1.165) is 28.3 Å². The summed E-state index contributed by atoms with van der Waals surface area (Å²) in [7, 11) is 1.92. The van der Waals surface area contributed by atoms with E-state index >= 15 is 0 Å². The molecule has 128 valence electrons. The molecule has 0 saturated heterocycles. The van der Waals surface area contributed by atoms with E-state index in [1.807, 2.05) is 54.7 Å². The van der Waals surface area contributed by atoms with Crippen molar-refractivity contribution < 1.29 is 4.79 Å². The van der Waals surface area contributed by atoms with Crippen LogP contribution in [0.3, 0.4) is 0 Å². The molecule has 0 spiro atoms. The fraction of sp³-hybridized carbons (Fsp3) is 0.474. The Bertz CT molecular complexity index is 763. The van der Waals surface area contributed by atoms with E-state index in [2.05, 4.69) is 24.3 Å². The van der Waals surface area contributed by atoms with Crippen LogP contribution in [0.4, 0.5) is 11.4 Å². The largest absolute Gasteiger partial charge is 0.379 e. The summed E-state index contributed by atoms with van der Waals surface area (Å²) in [4.78, 5) is 15.0. The normalized spacial score (nSPS) is 16.9. The van der Waals surface area contributed by atoms with Crippen LogP contribution in [-0.4, -0.2) is 28.3 Å². The molecule has 24 heavy (non-hydrogen) atoms. The highest BCUT2D eigenvalue weighted by Crippen LogP contribution is 2.33. The number of nitrogens with zero attached hydrogens (tertiary/aromatic N) is 3. The van der Waals surface area contributed by atoms with Gasteiger partial charge in [0.1, 0.15) is 0 Å². The van der Waals surface area contributed by atoms with Crippen molar-refractivity contribution in [2.75, 3.05) is 16.8 Å². The Morgan fingerprint density at radius 3 is 2.67 bits per heavy atom. The molecule has 0 unspecified atom stereocenters. The molecule has 1 aliphatic heterocycles. The first-order valence-electron chi connectivity index (χ1n) is 8.53. The van der Waals surface area contributed by atoms with Gasteiger partial charge < -0.3 is 10.2 Å². The number of benzene rings is 1. The van der Waals surface area contributed by atoms with E-state index in [4.69, 9.17) is 0 Å². The molecule has 1 aromatic carbocycles. The molecule has 5 nitrogen and oxygen atoms in total. The van der Waals surface area contributed by atoms with Crippen molar-refractivity contribution in [3.05, 3.63) is 41.2 Å². The maximum absolute atomic E-state index is 13.1. The lowest BCUT2D eigenvalue weighted by Gasteiger charge is -2.37. The molecule has 2 heterocycles. The molecule has 0 radical (unpaired) electrons. The minimum atomic E-state index is 0.133. The topological polar surface area (TPSA) is 50.2 Å². The highest BCUT2D eigenvalue weighted by atomic mass is 16.2. The maximum atomic E-state index is 13.1. The Labute approximate surface area is 143 Å². The summed E-state index contributed by atoms with van der Waals surface area (Å²) >= 11 is 0. The summed E-state index contributed by atoms with van der Waals surface area (Å²) in [5, 5.41) is 7.99. The summed E-state index contributed by atoms with van der Waals surface area (Å²) in [5.74, 6) is 0.587. The number of hydrogen-bond donors (Lipinski definition) is 1. The summed E-state index contributed by atoms with van der Waals surface area (Å²) in [6.45, 7) is 9.06. The summed E-state index contributed by atoms with van der Waals surface area (Å²) < 4.78 is 1.85. The first kappa shape index (κ1) is 16.6. The van der Waals surface area contributed by atoms with Gasteiger partial charge in [0.2, 0.25) is 5.91 Å². The Morgan fingerprint density at radius 2 is 2.04 bits per heavy atom. The van der Waals surface area contributed by atoms with E-state index in [1.165, 1.54) is 0 Å². The molecule has 0 fully saturated rings. The highest BCUT2D eigenvalue weighted by Gasteiger charge is 2.30. The molecule has 3 rings (SSSR count). The molecule has 0 bridgehead atoms. The van der Waals surface area contributed by atoms with Gasteiger partial charge in [0.25, 0.3) is 0 Å². The highest BCUT2D eigenvalue weighted by molar-refractivity contribution is 5.99. The SMILES string of the molecule is Cc1nn(C)c(C)c1CC(=O)N1C[C@@H](C(C)C)Nc2ccccc21. The van der Waals surface area contributed by atoms with Gasteiger partial charge in [0, 0.05) is 30.9 Å². The molecular weight excluding hydrogens is 300 g/mol. The third-order valence-corrected chi connectivity index (χ3v) is 5.01. The number of hydrogen-bond acceptors (Lipinski definition) is 3. The van der Waals surface area contributed by atoms with Gasteiger partial charge in [0.05, 0.1) is 23.5 Å². The van der Waals surface area contributed by atoms with Crippen LogP contribution in [-0.2, 0) is 18.3 Å². The Morgan fingerprint density at radius 1 is 1.33 bits per heavy atom. The van der Waals surface area contributed by atoms with Crippen LogP contribution in [0.25, 0.3) is 0 Å². The van der Waals surface area contributed by atoms with Crippen molar-refractivity contribution >= 4 is 17.3 Å². The number of carbonyl (C=O) groups excluding carboxylic acids is 1. The van der Waals surface area contributed by atoms with Crippen molar-refractivity contribution in [1.82, 2.24) is 9.78 Å². The number of aromatic nitrogens is 2. The average Bonchev–Trinajstić information content (AvgIpc) is 2.79. The third-order valence-electron chi connectivity index (χ3n) is 5.01. The van der Waals surface area contributed by atoms with Crippen LogP contribution in [0, 0.1) is 19.8 Å². The van der Waals surface area contributed by atoms with E-state index < -0.39 is 0 Å². The zero-order valence-corrected chi connectivity index (χ0v) is 15.1. The lowest BCUT2D eigenvalue weighted by atomic mass is 9.99. The summed E-state index contributed by atoms with van der Waals surface area (Å²) in [6.07, 6.45) is 0.394. The van der Waals surface area contributed by atoms with Gasteiger partial charge in [-0.25, -0.2) is 0 Å². The van der Waals surface area contributed by atoms with Crippen LogP contribution in [0.5, 0.6) is 0 Å². The predicted octanol–water partition coefficient (Wildman–Crippen LogP) is 3.06. The van der Waals surface area contributed by atoms with Crippen LogP contribution in [0.15, 0.2) is 24.3 Å². The van der Waals surface area contributed by atoms with Crippen molar-refractivity contribution in [2.24, 2.45) is 13.0 Å². The van der Waals surface area contributed by atoms with Crippen LogP contribution in [0.1, 0.15) is 30.8 Å². The van der Waals surface area contributed by atoms with Crippen LogP contribution < -0.4 is 10.2 Å². The Kier molecular flexibility index (Phi) is 4.35. The number of anilines is 2. The zero-order valence-electron chi connectivity index (χ0n) is 15.1. The first-order valence-corrected chi connectivity index (χ1v) is 8.53. The van der Waals surface area contributed by atoms with Gasteiger partial charge in [-0.05, 0) is 31.9 Å². The second-order valence-electron chi connectivity index (χ2n) is 6.97. The Hall–Kier alpha value is -2.30. The first-order chi connectivity index (χ1) is 11.4. The quantitative estimate of drug-likeness (QED) is 0.943. The second kappa shape index (κ2) is 6.30. The molecule has 1 atom stereocenters. The molecule has 0 saturated carbocycles.